The van der Waals surface area contributed by atoms with Gasteiger partial charge < -0.3 is 9.84 Å². The van der Waals surface area contributed by atoms with Crippen LogP contribution in [-0.2, 0) is 4.79 Å². The molecule has 0 saturated heterocycles. The lowest BCUT2D eigenvalue weighted by Crippen LogP contribution is -1.97. The number of carboxylic acid groups (broad SMARTS) is 1. The van der Waals surface area contributed by atoms with Crippen LogP contribution in [0.25, 0.3) is 11.1 Å². The summed E-state index contributed by atoms with van der Waals surface area (Å²) in [4.78, 5) is 10.4. The Morgan fingerprint density at radius 3 is 1.85 bits per heavy atom. The van der Waals surface area contributed by atoms with E-state index in [0.29, 0.717) is 6.42 Å². The van der Waals surface area contributed by atoms with E-state index in [0.717, 1.165) is 38.0 Å². The van der Waals surface area contributed by atoms with E-state index in [1.165, 1.54) is 36.8 Å². The molecule has 0 spiro atoms. The van der Waals surface area contributed by atoms with Gasteiger partial charge in [-0.1, -0.05) is 81.0 Å². The lowest BCUT2D eigenvalue weighted by atomic mass is 10.1. The molecule has 0 aliphatic carbocycles. The van der Waals surface area contributed by atoms with Gasteiger partial charge >= 0.3 is 5.97 Å². The largest absolute Gasteiger partial charge is 0.494 e. The third-order valence-electron chi connectivity index (χ3n) is 4.52. The zero-order valence-corrected chi connectivity index (χ0v) is 15.5. The van der Waals surface area contributed by atoms with Gasteiger partial charge in [-0.3, -0.25) is 4.79 Å². The van der Waals surface area contributed by atoms with Gasteiger partial charge in [-0.25, -0.2) is 0 Å². The highest BCUT2D eigenvalue weighted by Crippen LogP contribution is 2.22. The number of rotatable bonds is 13. The molecule has 2 rings (SSSR count). The molecule has 0 unspecified atom stereocenters. The monoisotopic (exact) mass is 354 g/mol. The van der Waals surface area contributed by atoms with Crippen molar-refractivity contribution in [1.82, 2.24) is 0 Å². The Labute approximate surface area is 157 Å². The van der Waals surface area contributed by atoms with Crippen LogP contribution >= 0.6 is 0 Å². The zero-order chi connectivity index (χ0) is 18.5. The van der Waals surface area contributed by atoms with Gasteiger partial charge in [-0.05, 0) is 36.1 Å². The second-order valence-electron chi connectivity index (χ2n) is 6.71. The third kappa shape index (κ3) is 8.19. The summed E-state index contributed by atoms with van der Waals surface area (Å²) < 4.78 is 5.82. The molecule has 0 saturated carbocycles. The Hall–Kier alpha value is -2.29. The predicted molar refractivity (Wildman–Crippen MR) is 107 cm³/mol. The molecule has 0 atom stereocenters. The number of carbonyl (C=O) groups is 1. The van der Waals surface area contributed by atoms with Crippen LogP contribution in [0.4, 0.5) is 0 Å². The van der Waals surface area contributed by atoms with Crippen LogP contribution in [0, 0.1) is 0 Å². The zero-order valence-electron chi connectivity index (χ0n) is 15.5. The highest BCUT2D eigenvalue weighted by molar-refractivity contribution is 5.66. The third-order valence-corrected chi connectivity index (χ3v) is 4.52. The summed E-state index contributed by atoms with van der Waals surface area (Å²) in [6, 6.07) is 18.7. The van der Waals surface area contributed by atoms with Gasteiger partial charge in [0.1, 0.15) is 5.75 Å². The van der Waals surface area contributed by atoms with Crippen LogP contribution in [0.1, 0.15) is 57.8 Å². The van der Waals surface area contributed by atoms with Crippen LogP contribution in [0.5, 0.6) is 5.75 Å². The predicted octanol–water partition coefficient (Wildman–Crippen LogP) is 6.33. The van der Waals surface area contributed by atoms with Crippen molar-refractivity contribution >= 4 is 5.97 Å². The van der Waals surface area contributed by atoms with E-state index in [1.54, 1.807) is 0 Å². The summed E-state index contributed by atoms with van der Waals surface area (Å²) in [5, 5.41) is 8.57. The van der Waals surface area contributed by atoms with Crippen LogP contribution in [0.15, 0.2) is 54.6 Å². The van der Waals surface area contributed by atoms with Crippen LogP contribution in [0.2, 0.25) is 0 Å². The molecule has 3 heteroatoms. The minimum atomic E-state index is -0.681. The molecule has 26 heavy (non-hydrogen) atoms. The standard InChI is InChI=1S/C23H30O3/c24-23(25)14-10-5-3-1-2-4-6-11-19-26-22-17-15-21(16-18-22)20-12-8-7-9-13-20/h7-9,12-13,15-18H,1-6,10-11,14,19H2,(H,24,25). The fourth-order valence-electron chi connectivity index (χ4n) is 3.00. The van der Waals surface area contributed by atoms with E-state index in [-0.39, 0.29) is 0 Å². The molecular weight excluding hydrogens is 324 g/mol. The molecule has 0 aliphatic heterocycles. The smallest absolute Gasteiger partial charge is 0.303 e. The Bertz CT molecular complexity index is 620. The maximum absolute atomic E-state index is 10.4. The quantitative estimate of drug-likeness (QED) is 0.428. The van der Waals surface area contributed by atoms with Crippen molar-refractivity contribution in [3.8, 4) is 16.9 Å². The Morgan fingerprint density at radius 2 is 1.23 bits per heavy atom. The van der Waals surface area contributed by atoms with Gasteiger partial charge in [0, 0.05) is 6.42 Å². The maximum Gasteiger partial charge on any atom is 0.303 e. The van der Waals surface area contributed by atoms with Crippen molar-refractivity contribution in [2.45, 2.75) is 57.8 Å². The van der Waals surface area contributed by atoms with Crippen molar-refractivity contribution < 1.29 is 14.6 Å². The Balaban J connectivity index is 1.49. The molecule has 2 aromatic rings. The molecule has 0 amide bonds. The minimum absolute atomic E-state index is 0.309. The molecule has 0 bridgehead atoms. The topological polar surface area (TPSA) is 46.5 Å². The van der Waals surface area contributed by atoms with Crippen molar-refractivity contribution in [2.24, 2.45) is 0 Å². The van der Waals surface area contributed by atoms with Gasteiger partial charge in [0.2, 0.25) is 0 Å². The summed E-state index contributed by atoms with van der Waals surface area (Å²) in [5.74, 6) is 0.253. The van der Waals surface area contributed by atoms with E-state index < -0.39 is 5.97 Å². The fourth-order valence-corrected chi connectivity index (χ4v) is 3.00. The summed E-state index contributed by atoms with van der Waals surface area (Å²) in [7, 11) is 0. The number of benzene rings is 2. The van der Waals surface area contributed by atoms with Crippen molar-refractivity contribution in [1.29, 1.82) is 0 Å². The Morgan fingerprint density at radius 1 is 0.692 bits per heavy atom. The summed E-state index contributed by atoms with van der Waals surface area (Å²) in [5.41, 5.74) is 2.43. The van der Waals surface area contributed by atoms with E-state index >= 15 is 0 Å². The Kier molecular flexibility index (Phi) is 9.34. The van der Waals surface area contributed by atoms with Crippen LogP contribution in [-0.4, -0.2) is 17.7 Å². The number of ether oxygens (including phenoxy) is 1. The van der Waals surface area contributed by atoms with E-state index in [1.807, 2.05) is 18.2 Å². The van der Waals surface area contributed by atoms with Gasteiger partial charge in [0.05, 0.1) is 6.61 Å². The lowest BCUT2D eigenvalue weighted by Gasteiger charge is -2.07. The lowest BCUT2D eigenvalue weighted by molar-refractivity contribution is -0.137. The summed E-state index contributed by atoms with van der Waals surface area (Å²) in [6.07, 6.45) is 9.26. The molecule has 0 fully saturated rings. The molecule has 0 heterocycles. The normalized spacial score (nSPS) is 10.6. The van der Waals surface area contributed by atoms with Gasteiger partial charge in [0.15, 0.2) is 0 Å². The second kappa shape index (κ2) is 12.1. The first-order chi connectivity index (χ1) is 12.8. The van der Waals surface area contributed by atoms with Gasteiger partial charge in [-0.2, -0.15) is 0 Å². The fraction of sp³-hybridized carbons (Fsp3) is 0.435. The SMILES string of the molecule is O=C(O)CCCCCCCCCCOc1ccc(-c2ccccc2)cc1. The molecular formula is C23H30O3. The first-order valence-electron chi connectivity index (χ1n) is 9.76. The molecule has 0 radical (unpaired) electrons. The first-order valence-corrected chi connectivity index (χ1v) is 9.76. The summed E-state index contributed by atoms with van der Waals surface area (Å²) in [6.45, 7) is 0.767. The van der Waals surface area contributed by atoms with Crippen molar-refractivity contribution in [3.63, 3.8) is 0 Å². The highest BCUT2D eigenvalue weighted by atomic mass is 16.5. The molecule has 0 aromatic heterocycles. The second-order valence-corrected chi connectivity index (χ2v) is 6.71. The van der Waals surface area contributed by atoms with E-state index in [2.05, 4.69) is 36.4 Å². The number of hydrogen-bond acceptors (Lipinski definition) is 2. The number of carboxylic acids is 1. The average molecular weight is 354 g/mol. The average Bonchev–Trinajstić information content (AvgIpc) is 2.67. The van der Waals surface area contributed by atoms with Crippen molar-refractivity contribution in [2.75, 3.05) is 6.61 Å². The minimum Gasteiger partial charge on any atom is -0.494 e. The molecule has 140 valence electrons. The van der Waals surface area contributed by atoms with E-state index in [4.69, 9.17) is 9.84 Å². The van der Waals surface area contributed by atoms with Gasteiger partial charge in [0.25, 0.3) is 0 Å². The van der Waals surface area contributed by atoms with E-state index in [9.17, 15) is 4.79 Å². The molecule has 3 nitrogen and oxygen atoms in total. The summed E-state index contributed by atoms with van der Waals surface area (Å²) >= 11 is 0. The molecule has 2 aromatic carbocycles. The first kappa shape index (κ1) is 20.0. The van der Waals surface area contributed by atoms with Crippen molar-refractivity contribution in [3.05, 3.63) is 54.6 Å². The van der Waals surface area contributed by atoms with Crippen LogP contribution < -0.4 is 4.74 Å². The van der Waals surface area contributed by atoms with Crippen LogP contribution in [0.3, 0.4) is 0 Å². The number of hydrogen-bond donors (Lipinski definition) is 1. The van der Waals surface area contributed by atoms with Gasteiger partial charge in [-0.15, -0.1) is 0 Å². The highest BCUT2D eigenvalue weighted by Gasteiger charge is 1.99. The number of unbranched alkanes of at least 4 members (excludes halogenated alkanes) is 7. The molecule has 0 aliphatic rings. The number of aliphatic carboxylic acids is 1. The maximum atomic E-state index is 10.4. The molecule has 1 N–H and O–H groups in total.